The van der Waals surface area contributed by atoms with Gasteiger partial charge in [-0.25, -0.2) is 9.66 Å². The van der Waals surface area contributed by atoms with E-state index in [1.165, 1.54) is 33.7 Å². The van der Waals surface area contributed by atoms with Crippen LogP contribution in [0.1, 0.15) is 21.5 Å². The van der Waals surface area contributed by atoms with Crippen LogP contribution < -0.4 is 15.9 Å². The molecule has 3 aromatic heterocycles. The first-order valence-electron chi connectivity index (χ1n) is 10.5. The van der Waals surface area contributed by atoms with Gasteiger partial charge in [0.25, 0.3) is 11.5 Å². The smallest absolute Gasteiger partial charge is 0.280 e. The molecule has 0 aliphatic carbocycles. The van der Waals surface area contributed by atoms with Crippen molar-refractivity contribution in [3.8, 4) is 11.1 Å². The molecule has 0 saturated carbocycles. The third kappa shape index (κ3) is 3.94. The van der Waals surface area contributed by atoms with Gasteiger partial charge >= 0.3 is 0 Å². The Bertz CT molecular complexity index is 1320. The van der Waals surface area contributed by atoms with Crippen LogP contribution in [0.25, 0.3) is 21.3 Å². The lowest BCUT2D eigenvalue weighted by molar-refractivity contribution is 0.101. The molecule has 9 heteroatoms. The van der Waals surface area contributed by atoms with Gasteiger partial charge < -0.3 is 9.64 Å². The fourth-order valence-corrected chi connectivity index (χ4v) is 5.76. The normalized spacial score (nSPS) is 14.1. The predicted octanol–water partition coefficient (Wildman–Crippen LogP) is 3.97. The summed E-state index contributed by atoms with van der Waals surface area (Å²) < 4.78 is 6.67. The molecule has 0 spiro atoms. The van der Waals surface area contributed by atoms with Crippen molar-refractivity contribution >= 4 is 43.8 Å². The molecule has 5 rings (SSSR count). The molecular weight excluding hydrogens is 444 g/mol. The molecule has 1 aliphatic rings. The van der Waals surface area contributed by atoms with E-state index in [2.05, 4.69) is 15.3 Å². The molecular formula is C23H22N4O3S2. The Morgan fingerprint density at radius 3 is 2.69 bits per heavy atom. The number of thiophene rings is 2. The standard InChI is InChI=1S/C23H22N4O3S2/c1-2-16-12-18-21(31-16)24-14-27(22(18)29)25-20(28)19-13-17(15-6-4-3-5-7-15)23(32-19)26-8-10-30-11-9-26/h3-7,12-14H,2,8-11H2,1H3,(H,25,28). The molecule has 1 N–H and O–H groups in total. The van der Waals surface area contributed by atoms with Crippen molar-refractivity contribution in [3.63, 3.8) is 0 Å². The van der Waals surface area contributed by atoms with E-state index in [4.69, 9.17) is 4.74 Å². The van der Waals surface area contributed by atoms with Crippen molar-refractivity contribution in [1.29, 1.82) is 0 Å². The first kappa shape index (κ1) is 20.9. The molecule has 0 radical (unpaired) electrons. The lowest BCUT2D eigenvalue weighted by Crippen LogP contribution is -2.36. The maximum absolute atomic E-state index is 13.1. The maximum atomic E-state index is 13.1. The Balaban J connectivity index is 1.48. The summed E-state index contributed by atoms with van der Waals surface area (Å²) in [4.78, 5) is 34.9. The number of carbonyl (C=O) groups excluding carboxylic acids is 1. The zero-order valence-corrected chi connectivity index (χ0v) is 19.2. The lowest BCUT2D eigenvalue weighted by atomic mass is 10.1. The minimum atomic E-state index is -0.333. The molecule has 1 aliphatic heterocycles. The van der Waals surface area contributed by atoms with Gasteiger partial charge in [0.15, 0.2) is 0 Å². The van der Waals surface area contributed by atoms with Gasteiger partial charge in [-0.15, -0.1) is 22.7 Å². The second-order valence-corrected chi connectivity index (χ2v) is 9.59. The SMILES string of the molecule is CCc1cc2c(=O)n(NC(=O)c3cc(-c4ccccc4)c(N4CCOCC4)s3)cnc2s1. The van der Waals surface area contributed by atoms with Gasteiger partial charge in [0.2, 0.25) is 0 Å². The average Bonchev–Trinajstić information content (AvgIpc) is 3.47. The van der Waals surface area contributed by atoms with Crippen molar-refractivity contribution < 1.29 is 9.53 Å². The number of anilines is 1. The molecule has 7 nitrogen and oxygen atoms in total. The number of rotatable bonds is 5. The van der Waals surface area contributed by atoms with E-state index in [-0.39, 0.29) is 11.5 Å². The van der Waals surface area contributed by atoms with Crippen molar-refractivity contribution in [2.45, 2.75) is 13.3 Å². The van der Waals surface area contributed by atoms with Gasteiger partial charge in [-0.1, -0.05) is 37.3 Å². The summed E-state index contributed by atoms with van der Waals surface area (Å²) >= 11 is 2.93. The van der Waals surface area contributed by atoms with Crippen molar-refractivity contribution in [2.24, 2.45) is 0 Å². The van der Waals surface area contributed by atoms with E-state index in [9.17, 15) is 9.59 Å². The van der Waals surface area contributed by atoms with E-state index in [0.717, 1.165) is 40.5 Å². The molecule has 0 atom stereocenters. The Morgan fingerprint density at radius 2 is 1.94 bits per heavy atom. The van der Waals surface area contributed by atoms with Crippen LogP contribution in [0.15, 0.2) is 53.6 Å². The van der Waals surface area contributed by atoms with Crippen LogP contribution in [0.3, 0.4) is 0 Å². The number of amides is 1. The van der Waals surface area contributed by atoms with Gasteiger partial charge in [0.05, 0.1) is 28.5 Å². The molecule has 164 valence electrons. The van der Waals surface area contributed by atoms with Crippen molar-refractivity contribution in [3.05, 3.63) is 68.9 Å². The van der Waals surface area contributed by atoms with Crippen LogP contribution in [0.2, 0.25) is 0 Å². The minimum Gasteiger partial charge on any atom is -0.378 e. The van der Waals surface area contributed by atoms with Crippen LogP contribution in [0, 0.1) is 0 Å². The average molecular weight is 467 g/mol. The van der Waals surface area contributed by atoms with Crippen LogP contribution in [-0.2, 0) is 11.2 Å². The van der Waals surface area contributed by atoms with Crippen LogP contribution in [0.5, 0.6) is 0 Å². The molecule has 4 aromatic rings. The molecule has 0 unspecified atom stereocenters. The Morgan fingerprint density at radius 1 is 1.16 bits per heavy atom. The quantitative estimate of drug-likeness (QED) is 0.482. The van der Waals surface area contributed by atoms with E-state index in [1.54, 1.807) is 0 Å². The second-order valence-electron chi connectivity index (χ2n) is 7.44. The highest BCUT2D eigenvalue weighted by Crippen LogP contribution is 2.39. The summed E-state index contributed by atoms with van der Waals surface area (Å²) in [6.45, 7) is 4.92. The molecule has 1 amide bonds. The summed E-state index contributed by atoms with van der Waals surface area (Å²) in [5.41, 5.74) is 4.50. The highest BCUT2D eigenvalue weighted by molar-refractivity contribution is 7.19. The monoisotopic (exact) mass is 466 g/mol. The van der Waals surface area contributed by atoms with Crippen molar-refractivity contribution in [2.75, 3.05) is 36.6 Å². The maximum Gasteiger partial charge on any atom is 0.280 e. The van der Waals surface area contributed by atoms with Gasteiger partial charge in [0.1, 0.15) is 11.2 Å². The van der Waals surface area contributed by atoms with E-state index >= 15 is 0 Å². The zero-order valence-electron chi connectivity index (χ0n) is 17.5. The number of carbonyl (C=O) groups is 1. The highest BCUT2D eigenvalue weighted by Gasteiger charge is 2.22. The summed E-state index contributed by atoms with van der Waals surface area (Å²) in [6, 6.07) is 13.8. The third-order valence-corrected chi connectivity index (χ3v) is 7.77. The van der Waals surface area contributed by atoms with Gasteiger partial charge in [-0.05, 0) is 24.1 Å². The van der Waals surface area contributed by atoms with E-state index < -0.39 is 0 Å². The van der Waals surface area contributed by atoms with E-state index in [0.29, 0.717) is 28.3 Å². The van der Waals surface area contributed by atoms with Crippen molar-refractivity contribution in [1.82, 2.24) is 9.66 Å². The highest BCUT2D eigenvalue weighted by atomic mass is 32.1. The van der Waals surface area contributed by atoms with Crippen LogP contribution in [0.4, 0.5) is 5.00 Å². The number of nitrogens with zero attached hydrogens (tertiary/aromatic N) is 3. The molecule has 1 fully saturated rings. The predicted molar refractivity (Wildman–Crippen MR) is 130 cm³/mol. The number of hydrogen-bond acceptors (Lipinski definition) is 7. The Kier molecular flexibility index (Phi) is 5.77. The number of nitrogens with one attached hydrogen (secondary N) is 1. The number of fused-ring (bicyclic) bond motifs is 1. The van der Waals surface area contributed by atoms with Gasteiger partial charge in [0, 0.05) is 23.5 Å². The summed E-state index contributed by atoms with van der Waals surface area (Å²) in [5.74, 6) is -0.333. The molecule has 1 aromatic carbocycles. The number of hydrogen-bond donors (Lipinski definition) is 1. The zero-order chi connectivity index (χ0) is 22.1. The minimum absolute atomic E-state index is 0.271. The topological polar surface area (TPSA) is 76.5 Å². The number of aromatic nitrogens is 2. The molecule has 0 bridgehead atoms. The van der Waals surface area contributed by atoms with Crippen LogP contribution >= 0.6 is 22.7 Å². The first-order valence-corrected chi connectivity index (χ1v) is 12.1. The summed E-state index contributed by atoms with van der Waals surface area (Å²) in [5, 5.41) is 1.57. The van der Waals surface area contributed by atoms with E-state index in [1.807, 2.05) is 49.4 Å². The van der Waals surface area contributed by atoms with Gasteiger partial charge in [-0.2, -0.15) is 0 Å². The second kappa shape index (κ2) is 8.85. The summed E-state index contributed by atoms with van der Waals surface area (Å²) in [6.07, 6.45) is 2.22. The Hall–Kier alpha value is -3.01. The largest absolute Gasteiger partial charge is 0.378 e. The van der Waals surface area contributed by atoms with Gasteiger partial charge in [-0.3, -0.25) is 15.0 Å². The summed E-state index contributed by atoms with van der Waals surface area (Å²) in [7, 11) is 0. The number of aryl methyl sites for hydroxylation is 1. The fourth-order valence-electron chi connectivity index (χ4n) is 3.71. The molecule has 1 saturated heterocycles. The first-order chi connectivity index (χ1) is 15.6. The van der Waals surface area contributed by atoms with Crippen LogP contribution in [-0.4, -0.2) is 41.9 Å². The molecule has 4 heterocycles. The Labute approximate surface area is 192 Å². The fraction of sp³-hybridized carbons (Fsp3) is 0.261. The number of ether oxygens (including phenoxy) is 1. The number of benzene rings is 1. The number of morpholine rings is 1. The molecule has 32 heavy (non-hydrogen) atoms. The third-order valence-electron chi connectivity index (χ3n) is 5.39. The lowest BCUT2D eigenvalue weighted by Gasteiger charge is -2.28.